The topological polar surface area (TPSA) is 35.2 Å². The van der Waals surface area contributed by atoms with Gasteiger partial charge in [-0.15, -0.1) is 0 Å². The largest absolute Gasteiger partial charge is 0.487 e. The average Bonchev–Trinajstić information content (AvgIpc) is 2.46. The molecule has 0 radical (unpaired) electrons. The maximum Gasteiger partial charge on any atom is 0.138 e. The Morgan fingerprint density at radius 2 is 2.00 bits per heavy atom. The second-order valence-corrected chi connectivity index (χ2v) is 5.46. The van der Waals surface area contributed by atoms with Crippen LogP contribution in [0.15, 0.2) is 42.5 Å². The van der Waals surface area contributed by atoms with Crippen molar-refractivity contribution in [2.75, 3.05) is 0 Å². The first-order valence-electron chi connectivity index (χ1n) is 6.99. The van der Waals surface area contributed by atoms with Gasteiger partial charge in [0.1, 0.15) is 18.2 Å². The highest BCUT2D eigenvalue weighted by Crippen LogP contribution is 2.27. The van der Waals surface area contributed by atoms with Crippen LogP contribution in [0.4, 0.5) is 4.39 Å². The monoisotopic (exact) mass is 307 g/mol. The predicted molar refractivity (Wildman–Crippen MR) is 84.2 cm³/mol. The molecule has 0 fully saturated rings. The van der Waals surface area contributed by atoms with E-state index in [9.17, 15) is 4.39 Å². The van der Waals surface area contributed by atoms with Gasteiger partial charge in [-0.3, -0.25) is 0 Å². The second kappa shape index (κ2) is 7.43. The van der Waals surface area contributed by atoms with E-state index in [0.29, 0.717) is 10.8 Å². The number of rotatable bonds is 6. The molecule has 0 saturated carbocycles. The maximum absolute atomic E-state index is 13.1. The van der Waals surface area contributed by atoms with Gasteiger partial charge >= 0.3 is 0 Å². The standard InChI is InChI=1S/C17H19ClFNO/c1-2-15(20)9-12-6-7-17(16(18)10-12)21-11-13-4-3-5-14(19)8-13/h3-8,10,15H,2,9,11,20H2,1H3. The van der Waals surface area contributed by atoms with Gasteiger partial charge in [0.15, 0.2) is 0 Å². The number of halogens is 2. The Hall–Kier alpha value is -1.58. The Kier molecular flexibility index (Phi) is 5.59. The lowest BCUT2D eigenvalue weighted by molar-refractivity contribution is 0.305. The maximum atomic E-state index is 13.1. The summed E-state index contributed by atoms with van der Waals surface area (Å²) in [5.41, 5.74) is 7.79. The second-order valence-electron chi connectivity index (χ2n) is 5.06. The summed E-state index contributed by atoms with van der Waals surface area (Å²) in [5, 5.41) is 0.548. The number of ether oxygens (including phenoxy) is 1. The molecule has 112 valence electrons. The number of nitrogens with two attached hydrogens (primary N) is 1. The van der Waals surface area contributed by atoms with E-state index < -0.39 is 0 Å². The molecule has 0 saturated heterocycles. The van der Waals surface area contributed by atoms with Gasteiger partial charge in [-0.25, -0.2) is 4.39 Å². The van der Waals surface area contributed by atoms with Crippen LogP contribution >= 0.6 is 11.6 Å². The molecule has 2 nitrogen and oxygen atoms in total. The first-order chi connectivity index (χ1) is 10.1. The summed E-state index contributed by atoms with van der Waals surface area (Å²) < 4.78 is 18.7. The van der Waals surface area contributed by atoms with E-state index in [1.165, 1.54) is 12.1 Å². The molecule has 4 heteroatoms. The molecule has 0 aliphatic carbocycles. The van der Waals surface area contributed by atoms with E-state index >= 15 is 0 Å². The van der Waals surface area contributed by atoms with Gasteiger partial charge in [0.05, 0.1) is 5.02 Å². The number of hydrogen-bond donors (Lipinski definition) is 1. The van der Waals surface area contributed by atoms with Crippen LogP contribution in [0.3, 0.4) is 0 Å². The van der Waals surface area contributed by atoms with Crippen molar-refractivity contribution in [3.63, 3.8) is 0 Å². The van der Waals surface area contributed by atoms with Gasteiger partial charge in [-0.05, 0) is 48.2 Å². The summed E-state index contributed by atoms with van der Waals surface area (Å²) in [5.74, 6) is 0.320. The molecule has 1 unspecified atom stereocenters. The van der Waals surface area contributed by atoms with E-state index in [0.717, 1.165) is 24.0 Å². The first kappa shape index (κ1) is 15.8. The van der Waals surface area contributed by atoms with Crippen molar-refractivity contribution < 1.29 is 9.13 Å². The SMILES string of the molecule is CCC(N)Cc1ccc(OCc2cccc(F)c2)c(Cl)c1. The fourth-order valence-electron chi connectivity index (χ4n) is 2.02. The molecule has 21 heavy (non-hydrogen) atoms. The molecule has 2 rings (SSSR count). The van der Waals surface area contributed by atoms with E-state index in [4.69, 9.17) is 22.1 Å². The van der Waals surface area contributed by atoms with Crippen molar-refractivity contribution in [3.05, 3.63) is 64.4 Å². The van der Waals surface area contributed by atoms with Crippen LogP contribution in [0, 0.1) is 5.82 Å². The zero-order valence-corrected chi connectivity index (χ0v) is 12.7. The molecular weight excluding hydrogens is 289 g/mol. The fourth-order valence-corrected chi connectivity index (χ4v) is 2.28. The predicted octanol–water partition coefficient (Wildman–Crippen LogP) is 4.34. The van der Waals surface area contributed by atoms with Crippen molar-refractivity contribution in [2.24, 2.45) is 5.73 Å². The molecule has 2 aromatic rings. The summed E-state index contributed by atoms with van der Waals surface area (Å²) in [6.45, 7) is 2.34. The van der Waals surface area contributed by atoms with Gasteiger partial charge in [-0.1, -0.05) is 36.7 Å². The van der Waals surface area contributed by atoms with Crippen molar-refractivity contribution in [2.45, 2.75) is 32.4 Å². The minimum absolute atomic E-state index is 0.139. The zero-order chi connectivity index (χ0) is 15.2. The lowest BCUT2D eigenvalue weighted by atomic mass is 10.0. The zero-order valence-electron chi connectivity index (χ0n) is 12.0. The third kappa shape index (κ3) is 4.73. The normalized spacial score (nSPS) is 12.2. The molecule has 0 aliphatic rings. The molecule has 0 aromatic heterocycles. The Morgan fingerprint density at radius 3 is 2.67 bits per heavy atom. The molecule has 2 N–H and O–H groups in total. The van der Waals surface area contributed by atoms with Gasteiger partial charge in [0, 0.05) is 6.04 Å². The number of benzene rings is 2. The summed E-state index contributed by atoms with van der Waals surface area (Å²) in [7, 11) is 0. The quantitative estimate of drug-likeness (QED) is 0.861. The highest BCUT2D eigenvalue weighted by molar-refractivity contribution is 6.32. The van der Waals surface area contributed by atoms with E-state index in [1.54, 1.807) is 6.07 Å². The van der Waals surface area contributed by atoms with Crippen LogP contribution in [0.2, 0.25) is 5.02 Å². The summed E-state index contributed by atoms with van der Waals surface area (Å²) in [4.78, 5) is 0. The lowest BCUT2D eigenvalue weighted by Crippen LogP contribution is -2.21. The Labute approximate surface area is 129 Å². The Balaban J connectivity index is 2.01. The smallest absolute Gasteiger partial charge is 0.138 e. The summed E-state index contributed by atoms with van der Waals surface area (Å²) >= 11 is 6.21. The summed E-state index contributed by atoms with van der Waals surface area (Å²) in [6, 6.07) is 12.1. The van der Waals surface area contributed by atoms with E-state index in [1.807, 2.05) is 24.3 Å². The Bertz CT molecular complexity index is 603. The molecule has 0 amide bonds. The highest BCUT2D eigenvalue weighted by atomic mass is 35.5. The first-order valence-corrected chi connectivity index (χ1v) is 7.37. The minimum atomic E-state index is -0.272. The highest BCUT2D eigenvalue weighted by Gasteiger charge is 2.07. The van der Waals surface area contributed by atoms with Crippen LogP contribution in [0.5, 0.6) is 5.75 Å². The lowest BCUT2D eigenvalue weighted by Gasteiger charge is -2.12. The van der Waals surface area contributed by atoms with Crippen molar-refractivity contribution in [1.29, 1.82) is 0 Å². The Morgan fingerprint density at radius 1 is 1.19 bits per heavy atom. The number of hydrogen-bond acceptors (Lipinski definition) is 2. The molecule has 2 aromatic carbocycles. The van der Waals surface area contributed by atoms with Crippen LogP contribution in [-0.2, 0) is 13.0 Å². The van der Waals surface area contributed by atoms with Crippen molar-refractivity contribution in [3.8, 4) is 5.75 Å². The van der Waals surface area contributed by atoms with Crippen LogP contribution < -0.4 is 10.5 Å². The van der Waals surface area contributed by atoms with E-state index in [2.05, 4.69) is 6.92 Å². The van der Waals surface area contributed by atoms with Gasteiger partial charge in [-0.2, -0.15) is 0 Å². The van der Waals surface area contributed by atoms with Crippen LogP contribution in [0.25, 0.3) is 0 Å². The third-order valence-electron chi connectivity index (χ3n) is 3.30. The van der Waals surface area contributed by atoms with Crippen molar-refractivity contribution in [1.82, 2.24) is 0 Å². The minimum Gasteiger partial charge on any atom is -0.487 e. The molecule has 0 heterocycles. The average molecular weight is 308 g/mol. The van der Waals surface area contributed by atoms with Crippen LogP contribution in [-0.4, -0.2) is 6.04 Å². The molecule has 0 bridgehead atoms. The molecule has 0 spiro atoms. The molecular formula is C17H19ClFNO. The van der Waals surface area contributed by atoms with Crippen LogP contribution in [0.1, 0.15) is 24.5 Å². The molecule has 1 atom stereocenters. The van der Waals surface area contributed by atoms with E-state index in [-0.39, 0.29) is 18.5 Å². The molecule has 0 aliphatic heterocycles. The van der Waals surface area contributed by atoms with Gasteiger partial charge in [0.25, 0.3) is 0 Å². The van der Waals surface area contributed by atoms with Crippen molar-refractivity contribution >= 4 is 11.6 Å². The van der Waals surface area contributed by atoms with Gasteiger partial charge in [0.2, 0.25) is 0 Å². The van der Waals surface area contributed by atoms with Gasteiger partial charge < -0.3 is 10.5 Å². The fraction of sp³-hybridized carbons (Fsp3) is 0.294. The third-order valence-corrected chi connectivity index (χ3v) is 3.60. The summed E-state index contributed by atoms with van der Waals surface area (Å²) in [6.07, 6.45) is 1.72.